The molecule has 1 aliphatic heterocycles. The van der Waals surface area contributed by atoms with Gasteiger partial charge in [0.25, 0.3) is 5.91 Å². The van der Waals surface area contributed by atoms with Crippen LogP contribution in [0.2, 0.25) is 0 Å². The minimum absolute atomic E-state index is 0.185. The number of likely N-dealkylation sites (tertiary alicyclic amines) is 1. The Kier molecular flexibility index (Phi) is 7.77. The third-order valence-corrected chi connectivity index (χ3v) is 6.37. The SMILES string of the molecule is CCC(=O)N1CCC(COc2ccc3ncc(C(=O)NC(C)(C)C)c(Nc4ccccc4)c3c2)CC1. The lowest BCUT2D eigenvalue weighted by Crippen LogP contribution is -2.40. The van der Waals surface area contributed by atoms with Gasteiger partial charge in [-0.15, -0.1) is 0 Å². The van der Waals surface area contributed by atoms with Gasteiger partial charge < -0.3 is 20.3 Å². The van der Waals surface area contributed by atoms with E-state index in [1.807, 2.05) is 81.1 Å². The molecule has 4 rings (SSSR count). The molecule has 0 atom stereocenters. The van der Waals surface area contributed by atoms with Gasteiger partial charge in [0.1, 0.15) is 5.75 Å². The molecule has 7 nitrogen and oxygen atoms in total. The highest BCUT2D eigenvalue weighted by Gasteiger charge is 2.23. The fourth-order valence-electron chi connectivity index (χ4n) is 4.43. The molecule has 7 heteroatoms. The van der Waals surface area contributed by atoms with Crippen LogP contribution in [0.25, 0.3) is 10.9 Å². The van der Waals surface area contributed by atoms with Crippen molar-refractivity contribution in [1.82, 2.24) is 15.2 Å². The van der Waals surface area contributed by atoms with Crippen LogP contribution in [0.1, 0.15) is 57.3 Å². The molecule has 2 amide bonds. The molecule has 2 aromatic carbocycles. The Morgan fingerprint density at radius 2 is 1.81 bits per heavy atom. The fourth-order valence-corrected chi connectivity index (χ4v) is 4.43. The Bertz CT molecular complexity index is 1210. The number of carbonyl (C=O) groups excluding carboxylic acids is 2. The van der Waals surface area contributed by atoms with Gasteiger partial charge in [0, 0.05) is 42.3 Å². The maximum atomic E-state index is 13.2. The Balaban J connectivity index is 1.58. The molecule has 3 aromatic rings. The van der Waals surface area contributed by atoms with Gasteiger partial charge in [-0.3, -0.25) is 14.6 Å². The summed E-state index contributed by atoms with van der Waals surface area (Å²) in [5.74, 6) is 1.18. The number of nitrogens with zero attached hydrogens (tertiary/aromatic N) is 2. The van der Waals surface area contributed by atoms with E-state index in [1.165, 1.54) is 0 Å². The first kappa shape index (κ1) is 25.5. The number of fused-ring (bicyclic) bond motifs is 1. The molecule has 0 bridgehead atoms. The normalized spacial score (nSPS) is 14.5. The van der Waals surface area contributed by atoms with Crippen molar-refractivity contribution in [3.8, 4) is 5.75 Å². The third-order valence-electron chi connectivity index (χ3n) is 6.37. The average Bonchev–Trinajstić information content (AvgIpc) is 2.87. The van der Waals surface area contributed by atoms with Crippen LogP contribution < -0.4 is 15.4 Å². The second kappa shape index (κ2) is 11.0. The second-order valence-corrected chi connectivity index (χ2v) is 10.4. The van der Waals surface area contributed by atoms with Crippen LogP contribution in [0.5, 0.6) is 5.75 Å². The summed E-state index contributed by atoms with van der Waals surface area (Å²) >= 11 is 0. The predicted octanol–water partition coefficient (Wildman–Crippen LogP) is 5.53. The number of pyridine rings is 1. The van der Waals surface area contributed by atoms with Crippen LogP contribution >= 0.6 is 0 Å². The highest BCUT2D eigenvalue weighted by molar-refractivity contribution is 6.08. The fraction of sp³-hybridized carbons (Fsp3) is 0.414. The number of ether oxygens (including phenoxy) is 1. The van der Waals surface area contributed by atoms with E-state index in [2.05, 4.69) is 15.6 Å². The number of nitrogens with one attached hydrogen (secondary N) is 2. The Labute approximate surface area is 213 Å². The number of amides is 2. The highest BCUT2D eigenvalue weighted by atomic mass is 16.5. The van der Waals surface area contributed by atoms with Crippen molar-refractivity contribution in [1.29, 1.82) is 0 Å². The van der Waals surface area contributed by atoms with Crippen molar-refractivity contribution in [2.24, 2.45) is 5.92 Å². The van der Waals surface area contributed by atoms with E-state index >= 15 is 0 Å². The summed E-state index contributed by atoms with van der Waals surface area (Å²) < 4.78 is 6.20. The number of hydrogen-bond acceptors (Lipinski definition) is 5. The van der Waals surface area contributed by atoms with Crippen LogP contribution in [0.4, 0.5) is 11.4 Å². The summed E-state index contributed by atoms with van der Waals surface area (Å²) in [5.41, 5.74) is 2.46. The number of rotatable bonds is 7. The molecule has 0 saturated carbocycles. The van der Waals surface area contributed by atoms with Crippen LogP contribution in [-0.2, 0) is 4.79 Å². The molecule has 0 unspecified atom stereocenters. The summed E-state index contributed by atoms with van der Waals surface area (Å²) in [6.07, 6.45) is 4.07. The monoisotopic (exact) mass is 488 g/mol. The molecule has 1 fully saturated rings. The van der Waals surface area contributed by atoms with E-state index in [1.54, 1.807) is 6.20 Å². The lowest BCUT2D eigenvalue weighted by Gasteiger charge is -2.31. The molecule has 36 heavy (non-hydrogen) atoms. The van der Waals surface area contributed by atoms with E-state index in [9.17, 15) is 9.59 Å². The zero-order valence-electron chi connectivity index (χ0n) is 21.6. The van der Waals surface area contributed by atoms with Crippen LogP contribution in [0.3, 0.4) is 0 Å². The number of carbonyl (C=O) groups is 2. The number of aromatic nitrogens is 1. The Morgan fingerprint density at radius 3 is 2.47 bits per heavy atom. The zero-order valence-corrected chi connectivity index (χ0v) is 21.6. The lowest BCUT2D eigenvalue weighted by molar-refractivity contribution is -0.132. The second-order valence-electron chi connectivity index (χ2n) is 10.4. The van der Waals surface area contributed by atoms with Crippen molar-refractivity contribution >= 4 is 34.1 Å². The molecule has 1 aliphatic rings. The van der Waals surface area contributed by atoms with Crippen molar-refractivity contribution in [3.05, 3.63) is 60.3 Å². The summed E-state index contributed by atoms with van der Waals surface area (Å²) in [5, 5.41) is 7.31. The standard InChI is InChI=1S/C29H36N4O3/c1-5-26(34)33-15-13-20(14-16-33)19-36-22-11-12-25-23(17-22)27(31-21-9-7-6-8-10-21)24(18-30-25)28(35)32-29(2,3)4/h6-12,17-18,20H,5,13-16,19H2,1-4H3,(H,30,31)(H,32,35). The number of hydrogen-bond donors (Lipinski definition) is 2. The number of benzene rings is 2. The summed E-state index contributed by atoms with van der Waals surface area (Å²) in [7, 11) is 0. The summed E-state index contributed by atoms with van der Waals surface area (Å²) in [6, 6.07) is 15.6. The van der Waals surface area contributed by atoms with Gasteiger partial charge in [-0.2, -0.15) is 0 Å². The van der Waals surface area contributed by atoms with Crippen molar-refractivity contribution in [2.45, 2.75) is 52.5 Å². The average molecular weight is 489 g/mol. The first-order valence-corrected chi connectivity index (χ1v) is 12.7. The highest BCUT2D eigenvalue weighted by Crippen LogP contribution is 2.32. The minimum Gasteiger partial charge on any atom is -0.493 e. The van der Waals surface area contributed by atoms with E-state index in [4.69, 9.17) is 4.74 Å². The van der Waals surface area contributed by atoms with E-state index < -0.39 is 0 Å². The first-order chi connectivity index (χ1) is 17.2. The molecule has 190 valence electrons. The molecule has 0 radical (unpaired) electrons. The molecular formula is C29H36N4O3. The summed E-state index contributed by atoms with van der Waals surface area (Å²) in [4.78, 5) is 31.6. The zero-order chi connectivity index (χ0) is 25.7. The van der Waals surface area contributed by atoms with Crippen LogP contribution in [-0.4, -0.2) is 46.9 Å². The van der Waals surface area contributed by atoms with Crippen LogP contribution in [0, 0.1) is 5.92 Å². The largest absolute Gasteiger partial charge is 0.493 e. The van der Waals surface area contributed by atoms with Gasteiger partial charge in [0.15, 0.2) is 0 Å². The molecule has 1 saturated heterocycles. The van der Waals surface area contributed by atoms with Crippen molar-refractivity contribution < 1.29 is 14.3 Å². The van der Waals surface area contributed by atoms with E-state index in [0.717, 1.165) is 48.3 Å². The predicted molar refractivity (Wildman–Crippen MR) is 144 cm³/mol. The molecule has 1 aromatic heterocycles. The smallest absolute Gasteiger partial charge is 0.255 e. The number of anilines is 2. The van der Waals surface area contributed by atoms with E-state index in [0.29, 0.717) is 30.2 Å². The van der Waals surface area contributed by atoms with E-state index in [-0.39, 0.29) is 17.4 Å². The van der Waals surface area contributed by atoms with Gasteiger partial charge in [-0.25, -0.2) is 0 Å². The molecule has 0 aliphatic carbocycles. The number of para-hydroxylation sites is 1. The van der Waals surface area contributed by atoms with Crippen LogP contribution in [0.15, 0.2) is 54.7 Å². The quantitative estimate of drug-likeness (QED) is 0.457. The Morgan fingerprint density at radius 1 is 1.08 bits per heavy atom. The van der Waals surface area contributed by atoms with Gasteiger partial charge in [0.2, 0.25) is 5.91 Å². The van der Waals surface area contributed by atoms with Crippen molar-refractivity contribution in [2.75, 3.05) is 25.0 Å². The van der Waals surface area contributed by atoms with Gasteiger partial charge >= 0.3 is 0 Å². The molecular weight excluding hydrogens is 452 g/mol. The molecule has 2 N–H and O–H groups in total. The van der Waals surface area contributed by atoms with Crippen molar-refractivity contribution in [3.63, 3.8) is 0 Å². The van der Waals surface area contributed by atoms with Gasteiger partial charge in [-0.1, -0.05) is 25.1 Å². The summed E-state index contributed by atoms with van der Waals surface area (Å²) in [6.45, 7) is 9.96. The maximum absolute atomic E-state index is 13.2. The maximum Gasteiger partial charge on any atom is 0.255 e. The third kappa shape index (κ3) is 6.33. The number of piperidine rings is 1. The van der Waals surface area contributed by atoms with Gasteiger partial charge in [0.05, 0.1) is 23.4 Å². The molecule has 2 heterocycles. The molecule has 0 spiro atoms. The first-order valence-electron chi connectivity index (χ1n) is 12.7. The van der Waals surface area contributed by atoms with Gasteiger partial charge in [-0.05, 0) is 69.9 Å². The lowest BCUT2D eigenvalue weighted by atomic mass is 9.97. The minimum atomic E-state index is -0.377. The Hall–Kier alpha value is -3.61. The topological polar surface area (TPSA) is 83.6 Å².